The number of nitrogens with zero attached hydrogens (tertiary/aromatic N) is 2. The third-order valence-corrected chi connectivity index (χ3v) is 5.09. The minimum atomic E-state index is -0.452. The number of rotatable bonds is 5. The third kappa shape index (κ3) is 4.59. The van der Waals surface area contributed by atoms with Gasteiger partial charge in [0.1, 0.15) is 11.6 Å². The molecule has 0 fully saturated rings. The number of carbonyl (C=O) groups is 1. The van der Waals surface area contributed by atoms with Crippen LogP contribution in [0.1, 0.15) is 29.4 Å². The molecule has 0 aliphatic heterocycles. The second-order valence-corrected chi connectivity index (χ2v) is 7.25. The number of carbonyl (C=O) groups excluding carboxylic acids is 1. The number of hydrogen-bond acceptors (Lipinski definition) is 2. The summed E-state index contributed by atoms with van der Waals surface area (Å²) in [4.78, 5) is 12.5. The summed E-state index contributed by atoms with van der Waals surface area (Å²) in [6.07, 6.45) is 2.62. The molecule has 3 rings (SSSR count). The van der Waals surface area contributed by atoms with Gasteiger partial charge in [-0.05, 0) is 79.9 Å². The average molecular weight is 404 g/mol. The highest BCUT2D eigenvalue weighted by atomic mass is 35.5. The number of anilines is 1. The summed E-state index contributed by atoms with van der Waals surface area (Å²) in [5.41, 5.74) is 5.81. The lowest BCUT2D eigenvalue weighted by Crippen LogP contribution is -2.13. The standard InChI is InChI=1S/C24H22ClN3O/c1-4-18-5-11-23(12-6-18)28-16(2)13-19(17(28)3)14-20(15-26)24(29)27-22-9-7-21(25)8-10-22/h5-14H,4H2,1-3H3,(H,27,29)/b20-14-. The second kappa shape index (κ2) is 8.81. The molecule has 1 amide bonds. The normalized spacial score (nSPS) is 11.2. The first-order valence-corrected chi connectivity index (χ1v) is 9.77. The van der Waals surface area contributed by atoms with Crippen molar-refractivity contribution in [3.8, 4) is 11.8 Å². The molecule has 146 valence electrons. The van der Waals surface area contributed by atoms with Gasteiger partial charge in [0.15, 0.2) is 0 Å². The van der Waals surface area contributed by atoms with Crippen molar-refractivity contribution < 1.29 is 4.79 Å². The highest BCUT2D eigenvalue weighted by Crippen LogP contribution is 2.24. The summed E-state index contributed by atoms with van der Waals surface area (Å²) in [7, 11) is 0. The molecule has 1 aromatic heterocycles. The summed E-state index contributed by atoms with van der Waals surface area (Å²) in [6.45, 7) is 6.12. The van der Waals surface area contributed by atoms with Crippen LogP contribution in [-0.2, 0) is 11.2 Å². The van der Waals surface area contributed by atoms with Gasteiger partial charge in [0, 0.05) is 27.8 Å². The lowest BCUT2D eigenvalue weighted by atomic mass is 10.1. The van der Waals surface area contributed by atoms with E-state index in [1.165, 1.54) is 5.56 Å². The SMILES string of the molecule is CCc1ccc(-n2c(C)cc(/C=C(/C#N)C(=O)Nc3ccc(Cl)cc3)c2C)cc1. The molecular formula is C24H22ClN3O. The van der Waals surface area contributed by atoms with Gasteiger partial charge in [-0.25, -0.2) is 0 Å². The molecule has 0 saturated heterocycles. The van der Waals surface area contributed by atoms with Gasteiger partial charge in [0.2, 0.25) is 0 Å². The molecule has 5 heteroatoms. The summed E-state index contributed by atoms with van der Waals surface area (Å²) < 4.78 is 2.12. The Morgan fingerprint density at radius 1 is 1.14 bits per heavy atom. The summed E-state index contributed by atoms with van der Waals surface area (Å²) in [5.74, 6) is -0.452. The van der Waals surface area contributed by atoms with Crippen LogP contribution < -0.4 is 5.32 Å². The van der Waals surface area contributed by atoms with Crippen molar-refractivity contribution in [2.45, 2.75) is 27.2 Å². The van der Waals surface area contributed by atoms with Crippen molar-refractivity contribution in [3.63, 3.8) is 0 Å². The van der Waals surface area contributed by atoms with E-state index in [-0.39, 0.29) is 5.57 Å². The quantitative estimate of drug-likeness (QED) is 0.428. The minimum absolute atomic E-state index is 0.0431. The van der Waals surface area contributed by atoms with Crippen LogP contribution in [0.5, 0.6) is 0 Å². The first-order valence-electron chi connectivity index (χ1n) is 9.40. The highest BCUT2D eigenvalue weighted by molar-refractivity contribution is 6.30. The van der Waals surface area contributed by atoms with Crippen molar-refractivity contribution in [1.29, 1.82) is 5.26 Å². The molecule has 0 spiro atoms. The zero-order valence-corrected chi connectivity index (χ0v) is 17.4. The molecule has 3 aromatic rings. The van der Waals surface area contributed by atoms with E-state index < -0.39 is 5.91 Å². The van der Waals surface area contributed by atoms with Crippen molar-refractivity contribution in [2.24, 2.45) is 0 Å². The molecule has 4 nitrogen and oxygen atoms in total. The van der Waals surface area contributed by atoms with Crippen LogP contribution >= 0.6 is 11.6 Å². The Morgan fingerprint density at radius 3 is 2.38 bits per heavy atom. The van der Waals surface area contributed by atoms with Gasteiger partial charge in [0.25, 0.3) is 5.91 Å². The Bertz CT molecular complexity index is 1100. The fourth-order valence-corrected chi connectivity index (χ4v) is 3.37. The van der Waals surface area contributed by atoms with E-state index >= 15 is 0 Å². The Morgan fingerprint density at radius 2 is 1.79 bits per heavy atom. The Labute approximate surface area is 176 Å². The summed E-state index contributed by atoms with van der Waals surface area (Å²) in [6, 6.07) is 19.2. The largest absolute Gasteiger partial charge is 0.321 e. The predicted molar refractivity (Wildman–Crippen MR) is 118 cm³/mol. The molecule has 2 aromatic carbocycles. The summed E-state index contributed by atoms with van der Waals surface area (Å²) >= 11 is 5.87. The third-order valence-electron chi connectivity index (χ3n) is 4.84. The molecule has 0 unspecified atom stereocenters. The number of aryl methyl sites for hydroxylation is 2. The molecule has 1 N–H and O–H groups in total. The lowest BCUT2D eigenvalue weighted by Gasteiger charge is -2.10. The molecule has 0 aliphatic rings. The number of hydrogen-bond donors (Lipinski definition) is 1. The van der Waals surface area contributed by atoms with Crippen molar-refractivity contribution >= 4 is 29.3 Å². The molecule has 0 bridgehead atoms. The van der Waals surface area contributed by atoms with Gasteiger partial charge in [-0.2, -0.15) is 5.26 Å². The van der Waals surface area contributed by atoms with Crippen LogP contribution in [0.4, 0.5) is 5.69 Å². The maximum absolute atomic E-state index is 12.5. The maximum Gasteiger partial charge on any atom is 0.266 e. The zero-order valence-electron chi connectivity index (χ0n) is 16.7. The number of amides is 1. The molecule has 0 aliphatic carbocycles. The van der Waals surface area contributed by atoms with Crippen LogP contribution in [0.2, 0.25) is 5.02 Å². The van der Waals surface area contributed by atoms with E-state index in [2.05, 4.69) is 41.1 Å². The Kier molecular flexibility index (Phi) is 6.21. The van der Waals surface area contributed by atoms with Crippen molar-refractivity contribution in [1.82, 2.24) is 4.57 Å². The number of nitriles is 1. The van der Waals surface area contributed by atoms with Crippen LogP contribution in [-0.4, -0.2) is 10.5 Å². The van der Waals surface area contributed by atoms with Gasteiger partial charge in [0.05, 0.1) is 0 Å². The molecule has 29 heavy (non-hydrogen) atoms. The Hall–Kier alpha value is -3.29. The monoisotopic (exact) mass is 403 g/mol. The molecule has 1 heterocycles. The smallest absolute Gasteiger partial charge is 0.266 e. The van der Waals surface area contributed by atoms with Crippen molar-refractivity contribution in [3.05, 3.63) is 87.7 Å². The highest BCUT2D eigenvalue weighted by Gasteiger charge is 2.14. The lowest BCUT2D eigenvalue weighted by molar-refractivity contribution is -0.112. The van der Waals surface area contributed by atoms with Gasteiger partial charge in [-0.3, -0.25) is 4.79 Å². The van der Waals surface area contributed by atoms with E-state index in [0.717, 1.165) is 29.1 Å². The fourth-order valence-electron chi connectivity index (χ4n) is 3.25. The van der Waals surface area contributed by atoms with E-state index in [0.29, 0.717) is 10.7 Å². The van der Waals surface area contributed by atoms with E-state index in [1.807, 2.05) is 26.0 Å². The van der Waals surface area contributed by atoms with Crippen molar-refractivity contribution in [2.75, 3.05) is 5.32 Å². The van der Waals surface area contributed by atoms with Crippen LogP contribution in [0.15, 0.2) is 60.2 Å². The van der Waals surface area contributed by atoms with E-state index in [9.17, 15) is 10.1 Å². The first kappa shape index (κ1) is 20.4. The van der Waals surface area contributed by atoms with Crippen LogP contribution in [0.25, 0.3) is 11.8 Å². The molecule has 0 atom stereocenters. The number of aromatic nitrogens is 1. The fraction of sp³-hybridized carbons (Fsp3) is 0.167. The second-order valence-electron chi connectivity index (χ2n) is 6.81. The van der Waals surface area contributed by atoms with E-state index in [4.69, 9.17) is 11.6 Å². The molecular weight excluding hydrogens is 382 g/mol. The minimum Gasteiger partial charge on any atom is -0.321 e. The topological polar surface area (TPSA) is 57.8 Å². The Balaban J connectivity index is 1.90. The zero-order chi connectivity index (χ0) is 21.0. The molecule has 0 saturated carbocycles. The van der Waals surface area contributed by atoms with Gasteiger partial charge >= 0.3 is 0 Å². The first-order chi connectivity index (χ1) is 13.9. The van der Waals surface area contributed by atoms with E-state index in [1.54, 1.807) is 30.3 Å². The van der Waals surface area contributed by atoms with Gasteiger partial charge in [-0.15, -0.1) is 0 Å². The number of nitrogens with one attached hydrogen (secondary N) is 1. The van der Waals surface area contributed by atoms with Crippen LogP contribution in [0, 0.1) is 25.2 Å². The molecule has 0 radical (unpaired) electrons. The maximum atomic E-state index is 12.5. The average Bonchev–Trinajstić information content (AvgIpc) is 3.00. The summed E-state index contributed by atoms with van der Waals surface area (Å²) in [5, 5.41) is 12.8. The number of halogens is 1. The number of benzene rings is 2. The van der Waals surface area contributed by atoms with Crippen LogP contribution in [0.3, 0.4) is 0 Å². The van der Waals surface area contributed by atoms with Gasteiger partial charge in [-0.1, -0.05) is 30.7 Å². The predicted octanol–water partition coefficient (Wildman–Crippen LogP) is 5.86. The van der Waals surface area contributed by atoms with Gasteiger partial charge < -0.3 is 9.88 Å².